The van der Waals surface area contributed by atoms with Crippen LogP contribution >= 0.6 is 0 Å². The van der Waals surface area contributed by atoms with Crippen molar-refractivity contribution < 1.29 is 13.2 Å². The van der Waals surface area contributed by atoms with Gasteiger partial charge in [0.05, 0.1) is 7.11 Å². The number of para-hydroxylation sites is 1. The summed E-state index contributed by atoms with van der Waals surface area (Å²) in [5, 5.41) is 0. The Morgan fingerprint density at radius 2 is 1.73 bits per heavy atom. The number of hydrogen-bond donors (Lipinski definition) is 0. The van der Waals surface area contributed by atoms with Crippen LogP contribution < -0.4 is 9.64 Å². The van der Waals surface area contributed by atoms with E-state index in [-0.39, 0.29) is 4.90 Å². The molecule has 0 atom stereocenters. The molecule has 0 amide bonds. The summed E-state index contributed by atoms with van der Waals surface area (Å²) in [6.07, 6.45) is 0.968. The van der Waals surface area contributed by atoms with Gasteiger partial charge in [-0.3, -0.25) is 0 Å². The lowest BCUT2D eigenvalue weighted by Gasteiger charge is -2.36. The van der Waals surface area contributed by atoms with E-state index in [0.29, 0.717) is 31.9 Å². The SMILES string of the molecule is CCc1ccccc1N1CCN(S(=O)(=O)c2ccc(C)cc2OC)CC1. The van der Waals surface area contributed by atoms with Crippen LogP contribution in [0.4, 0.5) is 5.69 Å². The van der Waals surface area contributed by atoms with Crippen LogP contribution in [0.1, 0.15) is 18.1 Å². The topological polar surface area (TPSA) is 49.9 Å². The Hall–Kier alpha value is -2.05. The molecule has 5 nitrogen and oxygen atoms in total. The average molecular weight is 375 g/mol. The fourth-order valence-electron chi connectivity index (χ4n) is 3.41. The summed E-state index contributed by atoms with van der Waals surface area (Å²) in [5.41, 5.74) is 3.48. The Morgan fingerprint density at radius 3 is 2.38 bits per heavy atom. The molecule has 0 aliphatic carbocycles. The summed E-state index contributed by atoms with van der Waals surface area (Å²) in [5.74, 6) is 0.406. The fourth-order valence-corrected chi connectivity index (χ4v) is 4.97. The van der Waals surface area contributed by atoms with Gasteiger partial charge >= 0.3 is 0 Å². The van der Waals surface area contributed by atoms with Gasteiger partial charge in [-0.25, -0.2) is 8.42 Å². The molecule has 0 spiro atoms. The maximum Gasteiger partial charge on any atom is 0.246 e. The van der Waals surface area contributed by atoms with Crippen molar-refractivity contribution in [2.75, 3.05) is 38.2 Å². The molecule has 6 heteroatoms. The lowest BCUT2D eigenvalue weighted by molar-refractivity contribution is 0.374. The minimum atomic E-state index is -3.56. The number of benzene rings is 2. The number of anilines is 1. The zero-order valence-electron chi connectivity index (χ0n) is 15.6. The Balaban J connectivity index is 1.79. The highest BCUT2D eigenvalue weighted by Gasteiger charge is 2.31. The number of methoxy groups -OCH3 is 1. The zero-order valence-corrected chi connectivity index (χ0v) is 16.4. The predicted molar refractivity (Wildman–Crippen MR) is 105 cm³/mol. The van der Waals surface area contributed by atoms with Crippen molar-refractivity contribution >= 4 is 15.7 Å². The van der Waals surface area contributed by atoms with Crippen LogP contribution in [0, 0.1) is 6.92 Å². The van der Waals surface area contributed by atoms with Gasteiger partial charge in [0.25, 0.3) is 0 Å². The summed E-state index contributed by atoms with van der Waals surface area (Å²) in [6, 6.07) is 13.6. The standard InChI is InChI=1S/C20H26N2O3S/c1-4-17-7-5-6-8-18(17)21-11-13-22(14-12-21)26(23,24)20-10-9-16(2)15-19(20)25-3/h5-10,15H,4,11-14H2,1-3H3. The van der Waals surface area contributed by atoms with Crippen molar-refractivity contribution in [2.24, 2.45) is 0 Å². The van der Waals surface area contributed by atoms with Crippen LogP contribution in [-0.4, -0.2) is 46.0 Å². The molecule has 0 unspecified atom stereocenters. The van der Waals surface area contributed by atoms with Gasteiger partial charge in [0.2, 0.25) is 10.0 Å². The smallest absolute Gasteiger partial charge is 0.246 e. The number of ether oxygens (including phenoxy) is 1. The molecule has 1 saturated heterocycles. The minimum Gasteiger partial charge on any atom is -0.495 e. The van der Waals surface area contributed by atoms with E-state index in [1.54, 1.807) is 16.4 Å². The first kappa shape index (κ1) is 18.7. The highest BCUT2D eigenvalue weighted by molar-refractivity contribution is 7.89. The number of sulfonamides is 1. The van der Waals surface area contributed by atoms with Crippen molar-refractivity contribution in [2.45, 2.75) is 25.2 Å². The van der Waals surface area contributed by atoms with Gasteiger partial charge in [-0.2, -0.15) is 4.31 Å². The average Bonchev–Trinajstić information content (AvgIpc) is 2.67. The van der Waals surface area contributed by atoms with Crippen LogP contribution in [0.2, 0.25) is 0 Å². The monoisotopic (exact) mass is 374 g/mol. The highest BCUT2D eigenvalue weighted by atomic mass is 32.2. The van der Waals surface area contributed by atoms with Gasteiger partial charge in [0.1, 0.15) is 10.6 Å². The molecule has 0 N–H and O–H groups in total. The molecule has 1 fully saturated rings. The van der Waals surface area contributed by atoms with Gasteiger partial charge in [0.15, 0.2) is 0 Å². The number of hydrogen-bond acceptors (Lipinski definition) is 4. The Bertz CT molecular complexity index is 872. The van der Waals surface area contributed by atoms with Crippen LogP contribution in [0.15, 0.2) is 47.4 Å². The lowest BCUT2D eigenvalue weighted by atomic mass is 10.1. The van der Waals surface area contributed by atoms with Gasteiger partial charge in [0, 0.05) is 31.9 Å². The largest absolute Gasteiger partial charge is 0.495 e. The molecule has 2 aromatic rings. The zero-order chi connectivity index (χ0) is 18.7. The Kier molecular flexibility index (Phi) is 5.53. The third-order valence-corrected chi connectivity index (χ3v) is 6.83. The second kappa shape index (κ2) is 7.68. The fraction of sp³-hybridized carbons (Fsp3) is 0.400. The summed E-state index contributed by atoms with van der Waals surface area (Å²) in [7, 11) is -2.05. The molecule has 0 aromatic heterocycles. The van der Waals surface area contributed by atoms with E-state index in [1.807, 2.05) is 25.1 Å². The molecule has 2 aromatic carbocycles. The van der Waals surface area contributed by atoms with E-state index >= 15 is 0 Å². The number of rotatable bonds is 5. The molecule has 1 aliphatic rings. The molecule has 0 bridgehead atoms. The van der Waals surface area contributed by atoms with Crippen LogP contribution in [0.5, 0.6) is 5.75 Å². The molecule has 3 rings (SSSR count). The minimum absolute atomic E-state index is 0.244. The normalized spacial score (nSPS) is 15.9. The van der Waals surface area contributed by atoms with Crippen LogP contribution in [-0.2, 0) is 16.4 Å². The first-order valence-corrected chi connectivity index (χ1v) is 10.4. The number of piperazine rings is 1. The highest BCUT2D eigenvalue weighted by Crippen LogP contribution is 2.29. The van der Waals surface area contributed by atoms with Gasteiger partial charge < -0.3 is 9.64 Å². The van der Waals surface area contributed by atoms with Gasteiger partial charge in [-0.1, -0.05) is 31.2 Å². The van der Waals surface area contributed by atoms with Crippen LogP contribution in [0.25, 0.3) is 0 Å². The van der Waals surface area contributed by atoms with Crippen molar-refractivity contribution in [1.82, 2.24) is 4.31 Å². The summed E-state index contributed by atoms with van der Waals surface area (Å²) in [6.45, 7) is 6.37. The van der Waals surface area contributed by atoms with Crippen molar-refractivity contribution in [3.05, 3.63) is 53.6 Å². The molecule has 0 saturated carbocycles. The summed E-state index contributed by atoms with van der Waals surface area (Å²) >= 11 is 0. The Morgan fingerprint density at radius 1 is 1.04 bits per heavy atom. The second-order valence-corrected chi connectivity index (χ2v) is 8.43. The Labute approximate surface area is 156 Å². The van der Waals surface area contributed by atoms with E-state index in [9.17, 15) is 8.42 Å². The van der Waals surface area contributed by atoms with E-state index in [0.717, 1.165) is 12.0 Å². The molecule has 1 aliphatic heterocycles. The second-order valence-electron chi connectivity index (χ2n) is 6.53. The van der Waals surface area contributed by atoms with Crippen molar-refractivity contribution in [3.8, 4) is 5.75 Å². The number of aryl methyl sites for hydroxylation is 2. The molecular weight excluding hydrogens is 348 g/mol. The maximum absolute atomic E-state index is 13.1. The van der Waals surface area contributed by atoms with Gasteiger partial charge in [-0.05, 0) is 42.7 Å². The molecule has 26 heavy (non-hydrogen) atoms. The number of nitrogens with zero attached hydrogens (tertiary/aromatic N) is 2. The van der Waals surface area contributed by atoms with E-state index < -0.39 is 10.0 Å². The van der Waals surface area contributed by atoms with E-state index in [1.165, 1.54) is 18.4 Å². The molecule has 1 heterocycles. The van der Waals surface area contributed by atoms with E-state index in [2.05, 4.69) is 24.0 Å². The van der Waals surface area contributed by atoms with E-state index in [4.69, 9.17) is 4.74 Å². The third kappa shape index (κ3) is 3.57. The van der Waals surface area contributed by atoms with Gasteiger partial charge in [-0.15, -0.1) is 0 Å². The quantitative estimate of drug-likeness (QED) is 0.807. The third-order valence-electron chi connectivity index (χ3n) is 4.89. The van der Waals surface area contributed by atoms with Crippen LogP contribution in [0.3, 0.4) is 0 Å². The first-order valence-electron chi connectivity index (χ1n) is 8.95. The molecular formula is C20H26N2O3S. The summed E-state index contributed by atoms with van der Waals surface area (Å²) in [4.78, 5) is 2.52. The van der Waals surface area contributed by atoms with Crippen molar-refractivity contribution in [3.63, 3.8) is 0 Å². The molecule has 0 radical (unpaired) electrons. The predicted octanol–water partition coefficient (Wildman–Crippen LogP) is 3.08. The first-order chi connectivity index (χ1) is 12.5. The van der Waals surface area contributed by atoms with Crippen molar-refractivity contribution in [1.29, 1.82) is 0 Å². The summed E-state index contributed by atoms with van der Waals surface area (Å²) < 4.78 is 33.0. The maximum atomic E-state index is 13.1. The lowest BCUT2D eigenvalue weighted by Crippen LogP contribution is -2.49. The molecule has 140 valence electrons.